The van der Waals surface area contributed by atoms with Gasteiger partial charge in [0.05, 0.1) is 5.56 Å². The Bertz CT molecular complexity index is 626. The molecule has 6 heteroatoms. The van der Waals surface area contributed by atoms with Crippen molar-refractivity contribution in [3.05, 3.63) is 57.0 Å². The highest BCUT2D eigenvalue weighted by atomic mass is 79.9. The highest BCUT2D eigenvalue weighted by Gasteiger charge is 2.09. The third kappa shape index (κ3) is 4.75. The van der Waals surface area contributed by atoms with E-state index in [0.717, 1.165) is 10.2 Å². The molecule has 0 aliphatic carbocycles. The summed E-state index contributed by atoms with van der Waals surface area (Å²) in [6, 6.07) is 12.3. The molecule has 0 radical (unpaired) electrons. The lowest BCUT2D eigenvalue weighted by molar-refractivity contribution is 0.0695. The molecule has 0 saturated carbocycles. The van der Waals surface area contributed by atoms with E-state index in [4.69, 9.17) is 14.6 Å². The Labute approximate surface area is 139 Å². The summed E-state index contributed by atoms with van der Waals surface area (Å²) in [6.45, 7) is 0.705. The van der Waals surface area contributed by atoms with Crippen LogP contribution >= 0.6 is 31.9 Å². The van der Waals surface area contributed by atoms with Crippen molar-refractivity contribution in [2.24, 2.45) is 0 Å². The highest BCUT2D eigenvalue weighted by Crippen LogP contribution is 2.22. The molecule has 1 N–H and O–H groups in total. The van der Waals surface area contributed by atoms with E-state index in [2.05, 4.69) is 31.9 Å². The largest absolute Gasteiger partial charge is 0.490 e. The van der Waals surface area contributed by atoms with Gasteiger partial charge in [0.15, 0.2) is 0 Å². The number of hydrogen-bond acceptors (Lipinski definition) is 3. The fraction of sp³-hybridized carbons (Fsp3) is 0.133. The molecule has 21 heavy (non-hydrogen) atoms. The monoisotopic (exact) mass is 414 g/mol. The van der Waals surface area contributed by atoms with Crippen molar-refractivity contribution >= 4 is 37.8 Å². The highest BCUT2D eigenvalue weighted by molar-refractivity contribution is 9.10. The Hall–Kier alpha value is -1.53. The number of halogens is 2. The van der Waals surface area contributed by atoms with Crippen molar-refractivity contribution in [3.63, 3.8) is 0 Å². The van der Waals surface area contributed by atoms with Crippen LogP contribution in [-0.2, 0) is 0 Å². The third-order valence-corrected chi connectivity index (χ3v) is 3.82. The topological polar surface area (TPSA) is 55.8 Å². The first kappa shape index (κ1) is 15.9. The van der Waals surface area contributed by atoms with E-state index < -0.39 is 5.97 Å². The SMILES string of the molecule is O=C(O)c1cc(OCCOc2ccc(Br)cc2)ccc1Br. The lowest BCUT2D eigenvalue weighted by Crippen LogP contribution is -2.09. The Balaban J connectivity index is 1.85. The maximum Gasteiger partial charge on any atom is 0.336 e. The van der Waals surface area contributed by atoms with Crippen LogP contribution in [0, 0.1) is 0 Å². The van der Waals surface area contributed by atoms with E-state index in [1.807, 2.05) is 24.3 Å². The number of benzene rings is 2. The van der Waals surface area contributed by atoms with E-state index in [1.54, 1.807) is 12.1 Å². The van der Waals surface area contributed by atoms with Gasteiger partial charge in [0, 0.05) is 8.95 Å². The van der Waals surface area contributed by atoms with Gasteiger partial charge in [-0.1, -0.05) is 15.9 Å². The summed E-state index contributed by atoms with van der Waals surface area (Å²) in [5.74, 6) is 0.247. The predicted molar refractivity (Wildman–Crippen MR) is 86.2 cm³/mol. The minimum Gasteiger partial charge on any atom is -0.490 e. The maximum absolute atomic E-state index is 11.0. The van der Waals surface area contributed by atoms with Crippen LogP contribution in [-0.4, -0.2) is 24.3 Å². The molecule has 0 aliphatic heterocycles. The van der Waals surface area contributed by atoms with E-state index in [1.165, 1.54) is 6.07 Å². The zero-order chi connectivity index (χ0) is 15.2. The van der Waals surface area contributed by atoms with E-state index in [0.29, 0.717) is 23.4 Å². The molecule has 0 aliphatic rings. The normalized spacial score (nSPS) is 10.2. The van der Waals surface area contributed by atoms with Crippen molar-refractivity contribution in [2.45, 2.75) is 0 Å². The molecule has 0 saturated heterocycles. The molecule has 2 rings (SSSR count). The van der Waals surface area contributed by atoms with Crippen LogP contribution in [0.25, 0.3) is 0 Å². The van der Waals surface area contributed by atoms with E-state index in [9.17, 15) is 4.79 Å². The summed E-state index contributed by atoms with van der Waals surface area (Å²) in [4.78, 5) is 11.0. The van der Waals surface area contributed by atoms with Crippen LogP contribution in [0.3, 0.4) is 0 Å². The molecule has 0 spiro atoms. The molecule has 110 valence electrons. The molecule has 0 amide bonds. The molecule has 0 unspecified atom stereocenters. The molecule has 2 aromatic rings. The van der Waals surface area contributed by atoms with Gasteiger partial charge < -0.3 is 14.6 Å². The molecule has 0 aromatic heterocycles. The van der Waals surface area contributed by atoms with Gasteiger partial charge in [-0.05, 0) is 58.4 Å². The van der Waals surface area contributed by atoms with Gasteiger partial charge in [0.1, 0.15) is 24.7 Å². The number of carboxylic acids is 1. The average Bonchev–Trinajstić information content (AvgIpc) is 2.46. The third-order valence-electron chi connectivity index (χ3n) is 2.60. The van der Waals surface area contributed by atoms with E-state index >= 15 is 0 Å². The summed E-state index contributed by atoms with van der Waals surface area (Å²) in [7, 11) is 0. The summed E-state index contributed by atoms with van der Waals surface area (Å²) >= 11 is 6.53. The van der Waals surface area contributed by atoms with Gasteiger partial charge >= 0.3 is 5.97 Å². The molecule has 0 atom stereocenters. The summed E-state index contributed by atoms with van der Waals surface area (Å²) in [6.07, 6.45) is 0. The van der Waals surface area contributed by atoms with E-state index in [-0.39, 0.29) is 5.56 Å². The lowest BCUT2D eigenvalue weighted by atomic mass is 10.2. The maximum atomic E-state index is 11.0. The quantitative estimate of drug-likeness (QED) is 0.711. The molecular weight excluding hydrogens is 404 g/mol. The fourth-order valence-corrected chi connectivity index (χ4v) is 2.29. The Kier molecular flexibility index (Phi) is 5.64. The minimum absolute atomic E-state index is 0.168. The van der Waals surface area contributed by atoms with Crippen LogP contribution < -0.4 is 9.47 Å². The first-order chi connectivity index (χ1) is 10.1. The van der Waals surface area contributed by atoms with Crippen molar-refractivity contribution in [2.75, 3.05) is 13.2 Å². The van der Waals surface area contributed by atoms with Gasteiger partial charge in [0.2, 0.25) is 0 Å². The van der Waals surface area contributed by atoms with Gasteiger partial charge in [0.25, 0.3) is 0 Å². The van der Waals surface area contributed by atoms with Crippen LogP contribution in [0.15, 0.2) is 51.4 Å². The number of ether oxygens (including phenoxy) is 2. The molecule has 0 bridgehead atoms. The first-order valence-electron chi connectivity index (χ1n) is 6.10. The first-order valence-corrected chi connectivity index (χ1v) is 7.69. The number of carboxylic acid groups (broad SMARTS) is 1. The lowest BCUT2D eigenvalue weighted by Gasteiger charge is -2.09. The predicted octanol–water partition coefficient (Wildman–Crippen LogP) is 4.37. The van der Waals surface area contributed by atoms with Gasteiger partial charge in [-0.25, -0.2) is 4.79 Å². The number of hydrogen-bond donors (Lipinski definition) is 1. The van der Waals surface area contributed by atoms with Crippen molar-refractivity contribution in [1.29, 1.82) is 0 Å². The second-order valence-corrected chi connectivity index (χ2v) is 5.87. The second-order valence-electron chi connectivity index (χ2n) is 4.10. The second kappa shape index (κ2) is 7.47. The number of rotatable bonds is 6. The van der Waals surface area contributed by atoms with Crippen LogP contribution in [0.4, 0.5) is 0 Å². The number of carbonyl (C=O) groups is 1. The zero-order valence-electron chi connectivity index (χ0n) is 10.9. The molecule has 0 heterocycles. The van der Waals surface area contributed by atoms with Crippen molar-refractivity contribution in [1.82, 2.24) is 0 Å². The Morgan fingerprint density at radius 2 is 1.52 bits per heavy atom. The van der Waals surface area contributed by atoms with Crippen molar-refractivity contribution < 1.29 is 19.4 Å². The van der Waals surface area contributed by atoms with Gasteiger partial charge in [-0.3, -0.25) is 0 Å². The molecule has 4 nitrogen and oxygen atoms in total. The van der Waals surface area contributed by atoms with Crippen LogP contribution in [0.5, 0.6) is 11.5 Å². The summed E-state index contributed by atoms with van der Waals surface area (Å²) in [5, 5.41) is 9.02. The zero-order valence-corrected chi connectivity index (χ0v) is 14.1. The summed E-state index contributed by atoms with van der Waals surface area (Å²) < 4.78 is 12.5. The van der Waals surface area contributed by atoms with Gasteiger partial charge in [-0.2, -0.15) is 0 Å². The van der Waals surface area contributed by atoms with Crippen molar-refractivity contribution in [3.8, 4) is 11.5 Å². The number of aromatic carboxylic acids is 1. The summed E-state index contributed by atoms with van der Waals surface area (Å²) in [5.41, 5.74) is 0.168. The molecule has 0 fully saturated rings. The van der Waals surface area contributed by atoms with Crippen LogP contribution in [0.2, 0.25) is 0 Å². The minimum atomic E-state index is -1.00. The van der Waals surface area contributed by atoms with Crippen LogP contribution in [0.1, 0.15) is 10.4 Å². The average molecular weight is 416 g/mol. The Morgan fingerprint density at radius 3 is 2.14 bits per heavy atom. The Morgan fingerprint density at radius 1 is 0.952 bits per heavy atom. The fourth-order valence-electron chi connectivity index (χ4n) is 1.61. The smallest absolute Gasteiger partial charge is 0.336 e. The molecular formula is C15H12Br2O4. The standard InChI is InChI=1S/C15H12Br2O4/c16-10-1-3-11(4-2-10)20-7-8-21-12-5-6-14(17)13(9-12)15(18)19/h1-6,9H,7-8H2,(H,18,19). The molecule has 2 aromatic carbocycles. The van der Waals surface area contributed by atoms with Gasteiger partial charge in [-0.15, -0.1) is 0 Å².